The van der Waals surface area contributed by atoms with Crippen LogP contribution in [-0.2, 0) is 4.79 Å². The Hall–Kier alpha value is -0.610. The molecule has 0 saturated heterocycles. The van der Waals surface area contributed by atoms with E-state index in [0.29, 0.717) is 16.2 Å². The maximum absolute atomic E-state index is 9.65. The van der Waals surface area contributed by atoms with Crippen LogP contribution in [0.25, 0.3) is 0 Å². The van der Waals surface area contributed by atoms with Crippen LogP contribution in [0.3, 0.4) is 0 Å². The summed E-state index contributed by atoms with van der Waals surface area (Å²) in [5.74, 6) is 1.91. The lowest BCUT2D eigenvalue weighted by atomic mass is 9.43. The molecule has 3 saturated carbocycles. The molecule has 3 aliphatic rings. The van der Waals surface area contributed by atoms with E-state index in [1.807, 2.05) is 0 Å². The minimum absolute atomic E-state index is 0.505. The summed E-state index contributed by atoms with van der Waals surface area (Å²) in [6, 6.07) is -1.13. The number of fused-ring (bicyclic) bond motifs is 3. The fourth-order valence-corrected chi connectivity index (χ4v) is 6.90. The minimum Gasteiger partial charge on any atom is -0.480 e. The molecule has 1 unspecified atom stereocenters. The number of aliphatic hydroxyl groups excluding tert-OH is 1. The molecular weight excluding hydrogens is 338 g/mol. The van der Waals surface area contributed by atoms with Crippen molar-refractivity contribution >= 4 is 5.97 Å². The van der Waals surface area contributed by atoms with E-state index in [1.54, 1.807) is 0 Å². The van der Waals surface area contributed by atoms with Crippen LogP contribution in [0.2, 0.25) is 0 Å². The Balaban J connectivity index is 0.000000321. The number of hydrogen-bond acceptors (Lipinski definition) is 3. The van der Waals surface area contributed by atoms with Crippen LogP contribution in [0.5, 0.6) is 0 Å². The van der Waals surface area contributed by atoms with Gasteiger partial charge >= 0.3 is 5.97 Å². The fourth-order valence-electron chi connectivity index (χ4n) is 6.90. The summed E-state index contributed by atoms with van der Waals surface area (Å²) in [5, 5.41) is 15.9. The minimum atomic E-state index is -1.18. The van der Waals surface area contributed by atoms with E-state index in [9.17, 15) is 4.79 Å². The maximum atomic E-state index is 9.65. The van der Waals surface area contributed by atoms with E-state index in [-0.39, 0.29) is 0 Å². The molecule has 27 heavy (non-hydrogen) atoms. The zero-order valence-corrected chi connectivity index (χ0v) is 18.3. The number of carboxylic acid groups (broad SMARTS) is 1. The Morgan fingerprint density at radius 2 is 1.78 bits per heavy atom. The topological polar surface area (TPSA) is 83.5 Å². The maximum Gasteiger partial charge on any atom is 0.322 e. The first-order valence-electron chi connectivity index (χ1n) is 11.1. The third kappa shape index (κ3) is 4.70. The van der Waals surface area contributed by atoms with E-state index in [0.717, 1.165) is 17.8 Å². The van der Waals surface area contributed by atoms with E-state index >= 15 is 0 Å². The van der Waals surface area contributed by atoms with Gasteiger partial charge in [0.15, 0.2) is 0 Å². The van der Waals surface area contributed by atoms with Crippen LogP contribution < -0.4 is 5.73 Å². The molecule has 158 valence electrons. The molecular formula is C23H43NO3. The summed E-state index contributed by atoms with van der Waals surface area (Å²) >= 11 is 0. The number of carboxylic acids is 1. The first-order valence-corrected chi connectivity index (χ1v) is 11.1. The number of hydrogen-bond donors (Lipinski definition) is 3. The van der Waals surface area contributed by atoms with Gasteiger partial charge in [0.2, 0.25) is 0 Å². The summed E-state index contributed by atoms with van der Waals surface area (Å²) < 4.78 is 0. The molecule has 0 aromatic heterocycles. The van der Waals surface area contributed by atoms with Gasteiger partial charge in [-0.1, -0.05) is 47.5 Å². The van der Waals surface area contributed by atoms with Gasteiger partial charge in [0.05, 0.1) is 6.61 Å². The van der Waals surface area contributed by atoms with Gasteiger partial charge in [-0.3, -0.25) is 4.79 Å². The molecule has 4 heteroatoms. The Kier molecular flexibility index (Phi) is 7.06. The molecule has 0 spiro atoms. The van der Waals surface area contributed by atoms with Crippen molar-refractivity contribution in [3.63, 3.8) is 0 Å². The van der Waals surface area contributed by atoms with Crippen molar-refractivity contribution in [3.8, 4) is 0 Å². The highest BCUT2D eigenvalue weighted by Crippen LogP contribution is 2.65. The third-order valence-electron chi connectivity index (χ3n) is 8.70. The summed E-state index contributed by atoms with van der Waals surface area (Å²) in [6.45, 7) is 12.3. The molecule has 3 fully saturated rings. The molecule has 4 N–H and O–H groups in total. The monoisotopic (exact) mass is 381 g/mol. The standard InChI is InChI=1S/C20H36.C3H7NO3/c1-6-19(4)13-10-16-15(14-19)8-9-17-18(2,3)11-7-12-20(16,17)5;4-2(1-5)3(6)7/h15-17H,6-14H2,1-5H3;2,5H,1,4H2,(H,6,7)/t15-,16-,17?,19+,20+;2-/m00/s1. The second kappa shape index (κ2) is 8.41. The van der Waals surface area contributed by atoms with Gasteiger partial charge in [-0.05, 0) is 78.9 Å². The van der Waals surface area contributed by atoms with Crippen molar-refractivity contribution in [1.82, 2.24) is 0 Å². The van der Waals surface area contributed by atoms with E-state index in [1.165, 1.54) is 57.8 Å². The number of aliphatic carboxylic acids is 1. The molecule has 0 heterocycles. The smallest absolute Gasteiger partial charge is 0.322 e. The number of nitrogens with two attached hydrogens (primary N) is 1. The molecule has 3 rings (SSSR count). The summed E-state index contributed by atoms with van der Waals surface area (Å²) in [5.41, 5.74) is 6.69. The molecule has 4 nitrogen and oxygen atoms in total. The van der Waals surface area contributed by atoms with Gasteiger partial charge < -0.3 is 15.9 Å². The molecule has 0 aromatic carbocycles. The predicted molar refractivity (Wildman–Crippen MR) is 110 cm³/mol. The Morgan fingerprint density at radius 1 is 1.11 bits per heavy atom. The van der Waals surface area contributed by atoms with Crippen molar-refractivity contribution in [1.29, 1.82) is 0 Å². The molecule has 3 aliphatic carbocycles. The van der Waals surface area contributed by atoms with Gasteiger partial charge in [0.1, 0.15) is 6.04 Å². The van der Waals surface area contributed by atoms with Crippen LogP contribution in [0, 0.1) is 34.0 Å². The molecule has 6 atom stereocenters. The van der Waals surface area contributed by atoms with E-state index < -0.39 is 18.6 Å². The molecule has 0 amide bonds. The Bertz CT molecular complexity index is 520. The van der Waals surface area contributed by atoms with Gasteiger partial charge in [-0.25, -0.2) is 0 Å². The van der Waals surface area contributed by atoms with Gasteiger partial charge in [0, 0.05) is 0 Å². The summed E-state index contributed by atoms with van der Waals surface area (Å²) in [7, 11) is 0. The lowest BCUT2D eigenvalue weighted by molar-refractivity contribution is -0.139. The van der Waals surface area contributed by atoms with Crippen molar-refractivity contribution in [2.75, 3.05) is 6.61 Å². The zero-order chi connectivity index (χ0) is 20.5. The fraction of sp³-hybridized carbons (Fsp3) is 0.957. The van der Waals surface area contributed by atoms with E-state index in [4.69, 9.17) is 15.9 Å². The highest BCUT2D eigenvalue weighted by molar-refractivity contribution is 5.73. The molecule has 0 aromatic rings. The molecule has 0 bridgehead atoms. The first kappa shape index (κ1) is 22.7. The van der Waals surface area contributed by atoms with Gasteiger partial charge in [-0.2, -0.15) is 0 Å². The number of rotatable bonds is 3. The van der Waals surface area contributed by atoms with Crippen LogP contribution in [-0.4, -0.2) is 28.8 Å². The van der Waals surface area contributed by atoms with Crippen LogP contribution >= 0.6 is 0 Å². The summed E-state index contributed by atoms with van der Waals surface area (Å²) in [6.07, 6.45) is 13.5. The third-order valence-corrected chi connectivity index (χ3v) is 8.70. The SMILES string of the molecule is CC[C@]1(C)CC[C@H]2[C@@H](CCC3C(C)(C)CCC[C@@]32C)C1.N[C@@H](CO)C(=O)O. The highest BCUT2D eigenvalue weighted by Gasteiger charge is 2.56. The zero-order valence-electron chi connectivity index (χ0n) is 18.3. The lowest BCUT2D eigenvalue weighted by Crippen LogP contribution is -2.53. The lowest BCUT2D eigenvalue weighted by Gasteiger charge is -2.62. The highest BCUT2D eigenvalue weighted by atomic mass is 16.4. The largest absolute Gasteiger partial charge is 0.480 e. The molecule has 0 aliphatic heterocycles. The van der Waals surface area contributed by atoms with Crippen molar-refractivity contribution in [3.05, 3.63) is 0 Å². The second-order valence-corrected chi connectivity index (χ2v) is 10.9. The average molecular weight is 382 g/mol. The quantitative estimate of drug-likeness (QED) is 0.653. The second-order valence-electron chi connectivity index (χ2n) is 10.9. The van der Waals surface area contributed by atoms with Crippen LogP contribution in [0.4, 0.5) is 0 Å². The van der Waals surface area contributed by atoms with Crippen molar-refractivity contribution in [2.24, 2.45) is 39.7 Å². The number of carbonyl (C=O) groups is 1. The predicted octanol–water partition coefficient (Wildman–Crippen LogP) is 4.84. The van der Waals surface area contributed by atoms with Gasteiger partial charge in [-0.15, -0.1) is 0 Å². The van der Waals surface area contributed by atoms with Crippen molar-refractivity contribution in [2.45, 2.75) is 98.4 Å². The first-order chi connectivity index (χ1) is 12.5. The number of aliphatic hydroxyl groups is 1. The molecule has 0 radical (unpaired) electrons. The van der Waals surface area contributed by atoms with Crippen molar-refractivity contribution < 1.29 is 15.0 Å². The van der Waals surface area contributed by atoms with Crippen LogP contribution in [0.15, 0.2) is 0 Å². The van der Waals surface area contributed by atoms with Crippen LogP contribution in [0.1, 0.15) is 92.4 Å². The van der Waals surface area contributed by atoms with E-state index in [2.05, 4.69) is 34.6 Å². The van der Waals surface area contributed by atoms with Gasteiger partial charge in [0.25, 0.3) is 0 Å². The average Bonchev–Trinajstić information content (AvgIpc) is 2.60. The normalized spacial score (nSPS) is 41.4. The Morgan fingerprint density at radius 3 is 2.30 bits per heavy atom. The summed E-state index contributed by atoms with van der Waals surface area (Å²) in [4.78, 5) is 9.65. The Labute approximate surface area is 166 Å².